The Balaban J connectivity index is 1.98. The number of carbonyl (C=O) groups excluding carboxylic acids is 1. The molecule has 1 aliphatic rings. The molecule has 0 bridgehead atoms. The molecule has 1 heterocycles. The molecule has 0 aromatic heterocycles. The lowest BCUT2D eigenvalue weighted by atomic mass is 10.1. The fraction of sp³-hybridized carbons (Fsp3) is 0.462. The highest BCUT2D eigenvalue weighted by atomic mass is 79.9. The molecule has 1 N–H and O–H groups in total. The van der Waals surface area contributed by atoms with Crippen molar-refractivity contribution in [3.05, 3.63) is 34.3 Å². The molecule has 0 radical (unpaired) electrons. The first-order valence-electron chi connectivity index (χ1n) is 5.91. The first-order valence-corrected chi connectivity index (χ1v) is 6.71. The van der Waals surface area contributed by atoms with Gasteiger partial charge >= 0.3 is 0 Å². The molecule has 1 aromatic carbocycles. The minimum atomic E-state index is 0.223. The molecule has 1 amide bonds. The summed E-state index contributed by atoms with van der Waals surface area (Å²) in [6, 6.07) is 8.24. The topological polar surface area (TPSA) is 32.3 Å². The van der Waals surface area contributed by atoms with Gasteiger partial charge in [-0.05, 0) is 24.6 Å². The number of benzene rings is 1. The number of hydrogen-bond acceptors (Lipinski definition) is 2. The van der Waals surface area contributed by atoms with Crippen molar-refractivity contribution in [3.63, 3.8) is 0 Å². The van der Waals surface area contributed by atoms with Gasteiger partial charge in [0, 0.05) is 30.1 Å². The summed E-state index contributed by atoms with van der Waals surface area (Å²) in [7, 11) is 0. The second-order valence-electron chi connectivity index (χ2n) is 4.44. The van der Waals surface area contributed by atoms with E-state index in [2.05, 4.69) is 28.2 Å². The van der Waals surface area contributed by atoms with Crippen LogP contribution < -0.4 is 5.32 Å². The van der Waals surface area contributed by atoms with E-state index in [0.29, 0.717) is 12.5 Å². The summed E-state index contributed by atoms with van der Waals surface area (Å²) < 4.78 is 1.05. The third-order valence-electron chi connectivity index (χ3n) is 3.09. The van der Waals surface area contributed by atoms with Gasteiger partial charge < -0.3 is 10.2 Å². The van der Waals surface area contributed by atoms with Gasteiger partial charge in [0.2, 0.25) is 5.91 Å². The fourth-order valence-corrected chi connectivity index (χ4v) is 2.35. The number of piperazine rings is 1. The Morgan fingerprint density at radius 3 is 2.82 bits per heavy atom. The van der Waals surface area contributed by atoms with Crippen molar-refractivity contribution in [2.45, 2.75) is 19.4 Å². The first kappa shape index (κ1) is 12.6. The molecule has 1 aromatic rings. The molecule has 1 atom stereocenters. The average Bonchev–Trinajstić information content (AvgIpc) is 2.32. The molecule has 0 spiro atoms. The van der Waals surface area contributed by atoms with Crippen LogP contribution in [0.25, 0.3) is 0 Å². The van der Waals surface area contributed by atoms with Crippen LogP contribution >= 0.6 is 15.9 Å². The number of nitrogens with one attached hydrogen (secondary N) is 1. The SMILES string of the molecule is C[C@@H]1CNCCN1C(=O)Cc1ccc(Br)cc1. The van der Waals surface area contributed by atoms with Crippen molar-refractivity contribution >= 4 is 21.8 Å². The van der Waals surface area contributed by atoms with Crippen molar-refractivity contribution in [1.82, 2.24) is 10.2 Å². The Morgan fingerprint density at radius 2 is 2.18 bits per heavy atom. The lowest BCUT2D eigenvalue weighted by Crippen LogP contribution is -2.52. The lowest BCUT2D eigenvalue weighted by Gasteiger charge is -2.34. The van der Waals surface area contributed by atoms with Gasteiger partial charge in [0.05, 0.1) is 6.42 Å². The molecule has 1 fully saturated rings. The second-order valence-corrected chi connectivity index (χ2v) is 5.36. The van der Waals surface area contributed by atoms with E-state index < -0.39 is 0 Å². The van der Waals surface area contributed by atoms with E-state index in [-0.39, 0.29) is 5.91 Å². The molecular formula is C13H17BrN2O. The second kappa shape index (κ2) is 5.65. The number of halogens is 1. The molecule has 4 heteroatoms. The van der Waals surface area contributed by atoms with E-state index in [4.69, 9.17) is 0 Å². The average molecular weight is 297 g/mol. The number of amides is 1. The van der Waals surface area contributed by atoms with Crippen molar-refractivity contribution < 1.29 is 4.79 Å². The number of carbonyl (C=O) groups is 1. The Morgan fingerprint density at radius 1 is 1.47 bits per heavy atom. The van der Waals surface area contributed by atoms with Crippen LogP contribution in [-0.2, 0) is 11.2 Å². The molecular weight excluding hydrogens is 280 g/mol. The van der Waals surface area contributed by atoms with E-state index >= 15 is 0 Å². The van der Waals surface area contributed by atoms with Gasteiger partial charge in [-0.25, -0.2) is 0 Å². The zero-order valence-corrected chi connectivity index (χ0v) is 11.5. The van der Waals surface area contributed by atoms with E-state index in [0.717, 1.165) is 29.7 Å². The maximum atomic E-state index is 12.1. The van der Waals surface area contributed by atoms with Crippen molar-refractivity contribution in [2.24, 2.45) is 0 Å². The van der Waals surface area contributed by atoms with Gasteiger partial charge in [0.15, 0.2) is 0 Å². The highest BCUT2D eigenvalue weighted by molar-refractivity contribution is 9.10. The van der Waals surface area contributed by atoms with Crippen LogP contribution in [0.5, 0.6) is 0 Å². The summed E-state index contributed by atoms with van der Waals surface area (Å²) in [6.45, 7) is 4.70. The molecule has 3 nitrogen and oxygen atoms in total. The number of hydrogen-bond donors (Lipinski definition) is 1. The Bertz CT molecular complexity index is 391. The van der Waals surface area contributed by atoms with Gasteiger partial charge in [-0.1, -0.05) is 28.1 Å². The summed E-state index contributed by atoms with van der Waals surface area (Å²) in [6.07, 6.45) is 0.498. The normalized spacial score (nSPS) is 20.4. The highest BCUT2D eigenvalue weighted by Gasteiger charge is 2.22. The molecule has 92 valence electrons. The third-order valence-corrected chi connectivity index (χ3v) is 3.62. The van der Waals surface area contributed by atoms with Gasteiger partial charge in [-0.3, -0.25) is 4.79 Å². The molecule has 0 saturated carbocycles. The van der Waals surface area contributed by atoms with Crippen molar-refractivity contribution in [2.75, 3.05) is 19.6 Å². The van der Waals surface area contributed by atoms with Gasteiger partial charge in [0.25, 0.3) is 0 Å². The highest BCUT2D eigenvalue weighted by Crippen LogP contribution is 2.12. The van der Waals surface area contributed by atoms with Crippen LogP contribution in [0.4, 0.5) is 0 Å². The van der Waals surface area contributed by atoms with Crippen LogP contribution in [0.2, 0.25) is 0 Å². The van der Waals surface area contributed by atoms with Crippen LogP contribution in [0.3, 0.4) is 0 Å². The summed E-state index contributed by atoms with van der Waals surface area (Å²) in [4.78, 5) is 14.1. The maximum absolute atomic E-state index is 12.1. The minimum Gasteiger partial charge on any atom is -0.337 e. The predicted molar refractivity (Wildman–Crippen MR) is 71.9 cm³/mol. The quantitative estimate of drug-likeness (QED) is 0.903. The van der Waals surface area contributed by atoms with Gasteiger partial charge in [0.1, 0.15) is 0 Å². The molecule has 17 heavy (non-hydrogen) atoms. The summed E-state index contributed by atoms with van der Waals surface area (Å²) in [5, 5.41) is 3.29. The lowest BCUT2D eigenvalue weighted by molar-refractivity contribution is -0.133. The first-order chi connectivity index (χ1) is 8.16. The summed E-state index contributed by atoms with van der Waals surface area (Å²) in [5.41, 5.74) is 1.07. The molecule has 2 rings (SSSR count). The largest absolute Gasteiger partial charge is 0.337 e. The molecule has 1 saturated heterocycles. The summed E-state index contributed by atoms with van der Waals surface area (Å²) in [5.74, 6) is 0.223. The van der Waals surface area contributed by atoms with Gasteiger partial charge in [-0.15, -0.1) is 0 Å². The molecule has 0 unspecified atom stereocenters. The molecule has 0 aliphatic carbocycles. The number of nitrogens with zero attached hydrogens (tertiary/aromatic N) is 1. The van der Waals surface area contributed by atoms with Crippen LogP contribution in [0, 0.1) is 0 Å². The Kier molecular flexibility index (Phi) is 4.18. The zero-order chi connectivity index (χ0) is 12.3. The predicted octanol–water partition coefficient (Wildman–Crippen LogP) is 1.81. The minimum absolute atomic E-state index is 0.223. The van der Waals surface area contributed by atoms with Crippen molar-refractivity contribution in [3.8, 4) is 0 Å². The zero-order valence-electron chi connectivity index (χ0n) is 9.95. The summed E-state index contributed by atoms with van der Waals surface area (Å²) >= 11 is 3.39. The van der Waals surface area contributed by atoms with E-state index in [1.54, 1.807) is 0 Å². The van der Waals surface area contributed by atoms with E-state index in [1.165, 1.54) is 0 Å². The van der Waals surface area contributed by atoms with Crippen LogP contribution in [-0.4, -0.2) is 36.5 Å². The van der Waals surface area contributed by atoms with Crippen LogP contribution in [0.1, 0.15) is 12.5 Å². The third kappa shape index (κ3) is 3.30. The van der Waals surface area contributed by atoms with Crippen LogP contribution in [0.15, 0.2) is 28.7 Å². The Hall–Kier alpha value is -0.870. The number of rotatable bonds is 2. The Labute approximate surface area is 110 Å². The van der Waals surface area contributed by atoms with Gasteiger partial charge in [-0.2, -0.15) is 0 Å². The fourth-order valence-electron chi connectivity index (χ4n) is 2.09. The van der Waals surface area contributed by atoms with E-state index in [9.17, 15) is 4.79 Å². The van der Waals surface area contributed by atoms with E-state index in [1.807, 2.05) is 29.2 Å². The smallest absolute Gasteiger partial charge is 0.227 e. The maximum Gasteiger partial charge on any atom is 0.227 e. The standard InChI is InChI=1S/C13H17BrN2O/c1-10-9-15-6-7-16(10)13(17)8-11-2-4-12(14)5-3-11/h2-5,10,15H,6-9H2,1H3/t10-/m1/s1. The van der Waals surface area contributed by atoms with Crippen molar-refractivity contribution in [1.29, 1.82) is 0 Å². The molecule has 1 aliphatic heterocycles. The monoisotopic (exact) mass is 296 g/mol.